The molecule has 0 aliphatic heterocycles. The zero-order valence-electron chi connectivity index (χ0n) is 19.6. The Bertz CT molecular complexity index is 1180. The van der Waals surface area contributed by atoms with Crippen molar-refractivity contribution in [3.63, 3.8) is 0 Å². The van der Waals surface area contributed by atoms with Crippen LogP contribution in [0.15, 0.2) is 60.9 Å². The van der Waals surface area contributed by atoms with Crippen molar-refractivity contribution in [1.29, 1.82) is 0 Å². The second-order valence-electron chi connectivity index (χ2n) is 8.43. The minimum absolute atomic E-state index is 0.162. The number of fused-ring (bicyclic) bond motifs is 2. The molecule has 8 nitrogen and oxygen atoms in total. The average molecular weight is 461 g/mol. The van der Waals surface area contributed by atoms with Gasteiger partial charge >= 0.3 is 0 Å². The monoisotopic (exact) mass is 460 g/mol. The van der Waals surface area contributed by atoms with Gasteiger partial charge in [-0.1, -0.05) is 36.4 Å². The largest absolute Gasteiger partial charge is 0.361 e. The first-order valence-corrected chi connectivity index (χ1v) is 11.6. The number of nitrogens with one attached hydrogen (secondary N) is 4. The Morgan fingerprint density at radius 3 is 1.68 bits per heavy atom. The van der Waals surface area contributed by atoms with Crippen molar-refractivity contribution in [3.8, 4) is 0 Å². The van der Waals surface area contributed by atoms with Gasteiger partial charge in [0.25, 0.3) is 0 Å². The summed E-state index contributed by atoms with van der Waals surface area (Å²) in [6, 6.07) is 14.8. The van der Waals surface area contributed by atoms with E-state index in [-0.39, 0.29) is 24.9 Å². The van der Waals surface area contributed by atoms with Crippen LogP contribution in [-0.2, 0) is 22.4 Å². The summed E-state index contributed by atoms with van der Waals surface area (Å²) in [4.78, 5) is 34.9. The van der Waals surface area contributed by atoms with Gasteiger partial charge in [0.05, 0.1) is 12.1 Å². The van der Waals surface area contributed by atoms with Crippen molar-refractivity contribution in [2.24, 2.45) is 5.73 Å². The zero-order valence-corrected chi connectivity index (χ0v) is 19.6. The summed E-state index contributed by atoms with van der Waals surface area (Å²) in [5.41, 5.74) is 9.89. The fourth-order valence-corrected chi connectivity index (χ4v) is 4.50. The highest BCUT2D eigenvalue weighted by atomic mass is 16.2. The van der Waals surface area contributed by atoms with Crippen LogP contribution in [-0.4, -0.2) is 66.0 Å². The smallest absolute Gasteiger partial charge is 0.246 e. The van der Waals surface area contributed by atoms with E-state index in [2.05, 4.69) is 20.6 Å². The minimum atomic E-state index is -0.555. The number of hydrogen-bond donors (Lipinski definition) is 5. The van der Waals surface area contributed by atoms with E-state index in [9.17, 15) is 9.59 Å². The van der Waals surface area contributed by atoms with Crippen LogP contribution in [0.25, 0.3) is 21.8 Å². The predicted octanol–water partition coefficient (Wildman–Crippen LogP) is 1.92. The van der Waals surface area contributed by atoms with E-state index in [1.54, 1.807) is 14.1 Å². The number of hydrogen-bond acceptors (Lipinski definition) is 5. The molecule has 2 unspecified atom stereocenters. The van der Waals surface area contributed by atoms with Crippen molar-refractivity contribution < 1.29 is 9.59 Å². The van der Waals surface area contributed by atoms with Crippen LogP contribution in [0, 0.1) is 0 Å². The predicted molar refractivity (Wildman–Crippen MR) is 135 cm³/mol. The van der Waals surface area contributed by atoms with Crippen molar-refractivity contribution >= 4 is 33.6 Å². The fraction of sp³-hybridized carbons (Fsp3) is 0.308. The van der Waals surface area contributed by atoms with Gasteiger partial charge in [0.1, 0.15) is 0 Å². The van der Waals surface area contributed by atoms with E-state index in [1.165, 1.54) is 4.90 Å². The second kappa shape index (κ2) is 10.6. The van der Waals surface area contributed by atoms with Gasteiger partial charge in [-0.05, 0) is 50.2 Å². The molecule has 2 aromatic carbocycles. The molecule has 4 rings (SSSR count). The lowest BCUT2D eigenvalue weighted by Gasteiger charge is -2.28. The average Bonchev–Trinajstić information content (AvgIpc) is 3.47. The van der Waals surface area contributed by atoms with Crippen molar-refractivity contribution in [1.82, 2.24) is 25.5 Å². The number of imide groups is 1. The summed E-state index contributed by atoms with van der Waals surface area (Å²) in [5.74, 6) is -0.551. The number of nitrogens with zero attached hydrogens (tertiary/aromatic N) is 1. The van der Waals surface area contributed by atoms with Gasteiger partial charge in [-0.25, -0.2) is 0 Å². The number of benzene rings is 2. The number of carbonyl (C=O) groups is 2. The van der Waals surface area contributed by atoms with Crippen LogP contribution in [0.1, 0.15) is 11.1 Å². The fourth-order valence-electron chi connectivity index (χ4n) is 4.50. The molecule has 2 aromatic heterocycles. The quantitative estimate of drug-likeness (QED) is 0.248. The molecule has 0 radical (unpaired) electrons. The SMILES string of the molecule is CNC(Cc1c[nH]c2ccccc12)C(=O)N(CCN)C(=O)C(Cc1c[nH]c2ccccc12)NC. The third-order valence-electron chi connectivity index (χ3n) is 6.38. The van der Waals surface area contributed by atoms with Crippen molar-refractivity contribution in [2.45, 2.75) is 24.9 Å². The van der Waals surface area contributed by atoms with Gasteiger partial charge in [0, 0.05) is 47.3 Å². The normalized spacial score (nSPS) is 13.3. The Morgan fingerprint density at radius 2 is 1.26 bits per heavy atom. The Balaban J connectivity index is 1.54. The summed E-state index contributed by atoms with van der Waals surface area (Å²) in [6.45, 7) is 0.361. The van der Waals surface area contributed by atoms with Crippen molar-refractivity contribution in [3.05, 3.63) is 72.1 Å². The maximum atomic E-state index is 13.5. The van der Waals surface area contributed by atoms with Gasteiger partial charge < -0.3 is 26.3 Å². The van der Waals surface area contributed by atoms with E-state index in [4.69, 9.17) is 5.73 Å². The third-order valence-corrected chi connectivity index (χ3v) is 6.38. The lowest BCUT2D eigenvalue weighted by Crippen LogP contribution is -2.55. The van der Waals surface area contributed by atoms with E-state index in [0.717, 1.165) is 32.9 Å². The molecular weight excluding hydrogens is 428 g/mol. The summed E-state index contributed by atoms with van der Waals surface area (Å²) in [7, 11) is 3.48. The number of carbonyl (C=O) groups excluding carboxylic acids is 2. The molecule has 0 aliphatic rings. The Labute approximate surface area is 198 Å². The summed E-state index contributed by atoms with van der Waals surface area (Å²) in [5, 5.41) is 8.34. The van der Waals surface area contributed by atoms with Crippen LogP contribution in [0.4, 0.5) is 0 Å². The number of nitrogens with two attached hydrogens (primary N) is 1. The maximum absolute atomic E-state index is 13.5. The summed E-state index contributed by atoms with van der Waals surface area (Å²) in [6.07, 6.45) is 4.76. The standard InChI is InChI=1S/C26H32N6O2/c1-28-23(13-17-15-30-21-9-5-3-7-19(17)21)25(33)32(12-11-27)26(34)24(29-2)14-18-16-31-22-10-6-4-8-20(18)22/h3-10,15-16,23-24,28-31H,11-14,27H2,1-2H3. The molecule has 178 valence electrons. The minimum Gasteiger partial charge on any atom is -0.361 e. The number of aromatic nitrogens is 2. The van der Waals surface area contributed by atoms with Crippen LogP contribution in [0.3, 0.4) is 0 Å². The first-order valence-electron chi connectivity index (χ1n) is 11.6. The first kappa shape index (κ1) is 23.7. The maximum Gasteiger partial charge on any atom is 0.246 e. The number of H-pyrrole nitrogens is 2. The van der Waals surface area contributed by atoms with Crippen LogP contribution in [0.2, 0.25) is 0 Å². The Morgan fingerprint density at radius 1 is 0.824 bits per heavy atom. The number of rotatable bonds is 10. The van der Waals surface area contributed by atoms with Crippen LogP contribution >= 0.6 is 0 Å². The highest BCUT2D eigenvalue weighted by Crippen LogP contribution is 2.21. The number of para-hydroxylation sites is 2. The highest BCUT2D eigenvalue weighted by Gasteiger charge is 2.32. The molecule has 2 heterocycles. The molecule has 6 N–H and O–H groups in total. The highest BCUT2D eigenvalue weighted by molar-refractivity contribution is 6.01. The lowest BCUT2D eigenvalue weighted by molar-refractivity contribution is -0.147. The number of aromatic amines is 2. The molecule has 0 saturated heterocycles. The topological polar surface area (TPSA) is 119 Å². The second-order valence-corrected chi connectivity index (χ2v) is 8.43. The molecular formula is C26H32N6O2. The molecule has 0 aliphatic carbocycles. The van der Waals surface area contributed by atoms with E-state index in [0.29, 0.717) is 12.8 Å². The first-order chi connectivity index (χ1) is 16.6. The lowest BCUT2D eigenvalue weighted by atomic mass is 10.0. The summed E-state index contributed by atoms with van der Waals surface area (Å²) >= 11 is 0. The van der Waals surface area contributed by atoms with Crippen LogP contribution < -0.4 is 16.4 Å². The molecule has 34 heavy (non-hydrogen) atoms. The third kappa shape index (κ3) is 4.75. The van der Waals surface area contributed by atoms with Gasteiger partial charge in [0.2, 0.25) is 11.8 Å². The van der Waals surface area contributed by atoms with Gasteiger partial charge in [-0.2, -0.15) is 0 Å². The van der Waals surface area contributed by atoms with E-state index < -0.39 is 12.1 Å². The van der Waals surface area contributed by atoms with Crippen LogP contribution in [0.5, 0.6) is 0 Å². The van der Waals surface area contributed by atoms with E-state index in [1.807, 2.05) is 60.9 Å². The molecule has 2 atom stereocenters. The van der Waals surface area contributed by atoms with Crippen molar-refractivity contribution in [2.75, 3.05) is 27.2 Å². The molecule has 0 saturated carbocycles. The molecule has 0 spiro atoms. The van der Waals surface area contributed by atoms with Gasteiger partial charge in [-0.3, -0.25) is 14.5 Å². The summed E-state index contributed by atoms with van der Waals surface area (Å²) < 4.78 is 0. The Kier molecular flexibility index (Phi) is 7.42. The molecule has 0 fully saturated rings. The molecule has 8 heteroatoms. The van der Waals surface area contributed by atoms with E-state index >= 15 is 0 Å². The van der Waals surface area contributed by atoms with Gasteiger partial charge in [-0.15, -0.1) is 0 Å². The number of amides is 2. The molecule has 4 aromatic rings. The van der Waals surface area contributed by atoms with Gasteiger partial charge in [0.15, 0.2) is 0 Å². The zero-order chi connectivity index (χ0) is 24.1. The number of likely N-dealkylation sites (N-methyl/N-ethyl adjacent to an activating group) is 2. The Hall–Kier alpha value is -3.46. The molecule has 0 bridgehead atoms. The molecule has 2 amide bonds.